The maximum absolute atomic E-state index is 12.7. The van der Waals surface area contributed by atoms with Crippen LogP contribution < -0.4 is 21.5 Å². The maximum atomic E-state index is 12.7. The number of nitrogens with zero attached hydrogens (tertiary/aromatic N) is 2. The van der Waals surface area contributed by atoms with Crippen molar-refractivity contribution in [3.63, 3.8) is 0 Å². The number of hydrogen-bond donors (Lipinski definition) is 3. The zero-order chi connectivity index (χ0) is 23.4. The summed E-state index contributed by atoms with van der Waals surface area (Å²) in [5.74, 6) is -0.209. The minimum absolute atomic E-state index is 0.0523. The Morgan fingerprint density at radius 2 is 2.00 bits per heavy atom. The molecule has 170 valence electrons. The van der Waals surface area contributed by atoms with Gasteiger partial charge in [-0.15, -0.1) is 0 Å². The second-order valence-electron chi connectivity index (χ2n) is 7.62. The smallest absolute Gasteiger partial charge is 0.261 e. The van der Waals surface area contributed by atoms with Gasteiger partial charge in [-0.25, -0.2) is 4.98 Å². The van der Waals surface area contributed by atoms with Gasteiger partial charge in [0.05, 0.1) is 28.5 Å². The number of thioether (sulfide) groups is 1. The Bertz CT molecular complexity index is 1290. The summed E-state index contributed by atoms with van der Waals surface area (Å²) in [5.41, 5.74) is 1.50. The summed E-state index contributed by atoms with van der Waals surface area (Å²) in [6, 6.07) is 11.2. The maximum Gasteiger partial charge on any atom is 0.261 e. The first-order valence-corrected chi connectivity index (χ1v) is 11.8. The number of hydrogen-bond acceptors (Lipinski definition) is 6. The van der Waals surface area contributed by atoms with Crippen LogP contribution in [0.1, 0.15) is 23.2 Å². The van der Waals surface area contributed by atoms with Gasteiger partial charge in [0.2, 0.25) is 11.8 Å². The molecule has 2 aromatic carbocycles. The van der Waals surface area contributed by atoms with E-state index < -0.39 is 6.04 Å². The summed E-state index contributed by atoms with van der Waals surface area (Å²) in [6.45, 7) is 0.168. The van der Waals surface area contributed by atoms with E-state index in [0.717, 1.165) is 5.75 Å². The molecule has 4 rings (SSSR count). The molecule has 0 aliphatic carbocycles. The van der Waals surface area contributed by atoms with E-state index in [-0.39, 0.29) is 41.8 Å². The van der Waals surface area contributed by atoms with Crippen LogP contribution >= 0.6 is 11.8 Å². The molecule has 0 radical (unpaired) electrons. The fraction of sp³-hybridized carbons (Fsp3) is 0.261. The van der Waals surface area contributed by atoms with Gasteiger partial charge in [-0.05, 0) is 48.8 Å². The van der Waals surface area contributed by atoms with Crippen molar-refractivity contribution in [2.24, 2.45) is 0 Å². The molecular weight excluding hydrogens is 442 g/mol. The number of amides is 3. The van der Waals surface area contributed by atoms with Crippen LogP contribution in [0.4, 0.5) is 11.4 Å². The molecule has 0 saturated heterocycles. The number of para-hydroxylation sites is 1. The average Bonchev–Trinajstić information content (AvgIpc) is 2.93. The van der Waals surface area contributed by atoms with Gasteiger partial charge in [-0.2, -0.15) is 11.8 Å². The number of nitrogens with one attached hydrogen (secondary N) is 3. The highest BCUT2D eigenvalue weighted by atomic mass is 32.2. The summed E-state index contributed by atoms with van der Waals surface area (Å²) in [5, 5.41) is 8.76. The first-order valence-electron chi connectivity index (χ1n) is 10.4. The molecular formula is C23H23N5O4S. The number of carbonyl (C=O) groups is 3. The molecule has 1 atom stereocenters. The van der Waals surface area contributed by atoms with Crippen molar-refractivity contribution in [1.82, 2.24) is 14.9 Å². The molecule has 0 fully saturated rings. The highest BCUT2D eigenvalue weighted by Crippen LogP contribution is 2.24. The second kappa shape index (κ2) is 9.86. The lowest BCUT2D eigenvalue weighted by atomic mass is 10.1. The number of carbonyl (C=O) groups excluding carboxylic acids is 3. The molecule has 0 bridgehead atoms. The number of rotatable bonds is 7. The first-order chi connectivity index (χ1) is 16.0. The lowest BCUT2D eigenvalue weighted by Gasteiger charge is -2.13. The van der Waals surface area contributed by atoms with Gasteiger partial charge in [0, 0.05) is 18.7 Å². The van der Waals surface area contributed by atoms with Crippen molar-refractivity contribution in [1.29, 1.82) is 0 Å². The lowest BCUT2D eigenvalue weighted by molar-refractivity contribution is -0.118. The molecule has 1 aromatic heterocycles. The van der Waals surface area contributed by atoms with Crippen molar-refractivity contribution in [3.8, 4) is 0 Å². The fourth-order valence-corrected chi connectivity index (χ4v) is 4.06. The number of anilines is 2. The zero-order valence-corrected chi connectivity index (χ0v) is 18.8. The highest BCUT2D eigenvalue weighted by Gasteiger charge is 2.27. The van der Waals surface area contributed by atoms with E-state index in [2.05, 4.69) is 20.9 Å². The third-order valence-electron chi connectivity index (χ3n) is 5.35. The SMILES string of the molecule is CSCC[C@@H]1NC(=O)c2cc(NC(=O)CCn3cnc4ccccc4c3=O)ccc2NC1=O. The van der Waals surface area contributed by atoms with Crippen LogP contribution in [0, 0.1) is 0 Å². The Hall–Kier alpha value is -3.66. The number of aryl methyl sites for hydroxylation is 1. The summed E-state index contributed by atoms with van der Waals surface area (Å²) in [4.78, 5) is 54.3. The van der Waals surface area contributed by atoms with E-state index in [1.54, 1.807) is 42.1 Å². The van der Waals surface area contributed by atoms with Crippen LogP contribution in [0.2, 0.25) is 0 Å². The predicted molar refractivity (Wildman–Crippen MR) is 129 cm³/mol. The van der Waals surface area contributed by atoms with Crippen molar-refractivity contribution in [2.75, 3.05) is 22.6 Å². The molecule has 0 spiro atoms. The molecule has 3 aromatic rings. The number of fused-ring (bicyclic) bond motifs is 2. The zero-order valence-electron chi connectivity index (χ0n) is 18.0. The number of benzene rings is 2. The topological polar surface area (TPSA) is 122 Å². The van der Waals surface area contributed by atoms with E-state index >= 15 is 0 Å². The van der Waals surface area contributed by atoms with Crippen LogP contribution in [-0.4, -0.2) is 45.3 Å². The van der Waals surface area contributed by atoms with E-state index in [1.807, 2.05) is 12.3 Å². The monoisotopic (exact) mass is 465 g/mol. The Kier molecular flexibility index (Phi) is 6.74. The summed E-state index contributed by atoms with van der Waals surface area (Å²) in [6.07, 6.45) is 3.95. The van der Waals surface area contributed by atoms with Gasteiger partial charge in [0.1, 0.15) is 6.04 Å². The molecule has 2 heterocycles. The van der Waals surface area contributed by atoms with Crippen LogP contribution in [0.5, 0.6) is 0 Å². The van der Waals surface area contributed by atoms with Crippen molar-refractivity contribution in [2.45, 2.75) is 25.4 Å². The predicted octanol–water partition coefficient (Wildman–Crippen LogP) is 2.23. The Balaban J connectivity index is 1.43. The van der Waals surface area contributed by atoms with Gasteiger partial charge < -0.3 is 16.0 Å². The largest absolute Gasteiger partial charge is 0.340 e. The molecule has 1 aliphatic heterocycles. The molecule has 0 unspecified atom stereocenters. The average molecular weight is 466 g/mol. The lowest BCUT2D eigenvalue weighted by Crippen LogP contribution is -2.41. The molecule has 3 amide bonds. The molecule has 3 N–H and O–H groups in total. The Morgan fingerprint density at radius 3 is 2.82 bits per heavy atom. The standard InChI is InChI=1S/C23H23N5O4S/c1-33-11-9-19-22(31)26-18-7-6-14(12-16(18)21(30)27-19)25-20(29)8-10-28-13-24-17-5-3-2-4-15(17)23(28)32/h2-7,12-13,19H,8-11H2,1H3,(H,25,29)(H,26,31)(H,27,30)/t19-/m0/s1. The van der Waals surface area contributed by atoms with Gasteiger partial charge in [0.25, 0.3) is 11.5 Å². The fourth-order valence-electron chi connectivity index (χ4n) is 3.59. The van der Waals surface area contributed by atoms with Gasteiger partial charge in [-0.3, -0.25) is 23.7 Å². The minimum Gasteiger partial charge on any atom is -0.340 e. The van der Waals surface area contributed by atoms with E-state index in [1.165, 1.54) is 17.0 Å². The van der Waals surface area contributed by atoms with Crippen LogP contribution in [0.15, 0.2) is 53.6 Å². The molecule has 33 heavy (non-hydrogen) atoms. The Morgan fingerprint density at radius 1 is 1.18 bits per heavy atom. The number of aromatic nitrogens is 2. The van der Waals surface area contributed by atoms with Crippen molar-refractivity contribution in [3.05, 3.63) is 64.7 Å². The van der Waals surface area contributed by atoms with Crippen LogP contribution in [-0.2, 0) is 16.1 Å². The van der Waals surface area contributed by atoms with Crippen LogP contribution in [0.3, 0.4) is 0 Å². The van der Waals surface area contributed by atoms with Gasteiger partial charge in [0.15, 0.2) is 0 Å². The van der Waals surface area contributed by atoms with Crippen molar-refractivity contribution < 1.29 is 14.4 Å². The highest BCUT2D eigenvalue weighted by molar-refractivity contribution is 7.98. The van der Waals surface area contributed by atoms with E-state index in [4.69, 9.17) is 0 Å². The van der Waals surface area contributed by atoms with Gasteiger partial charge in [-0.1, -0.05) is 12.1 Å². The second-order valence-corrected chi connectivity index (χ2v) is 8.60. The molecule has 10 heteroatoms. The molecule has 1 aliphatic rings. The van der Waals surface area contributed by atoms with E-state index in [0.29, 0.717) is 28.7 Å². The first kappa shape index (κ1) is 22.5. The van der Waals surface area contributed by atoms with Crippen LogP contribution in [0.25, 0.3) is 10.9 Å². The minimum atomic E-state index is -0.607. The Labute approximate surface area is 194 Å². The summed E-state index contributed by atoms with van der Waals surface area (Å²) < 4.78 is 1.40. The third kappa shape index (κ3) is 5.06. The van der Waals surface area contributed by atoms with Gasteiger partial charge >= 0.3 is 0 Å². The summed E-state index contributed by atoms with van der Waals surface area (Å²) in [7, 11) is 0. The third-order valence-corrected chi connectivity index (χ3v) is 5.99. The molecule has 9 nitrogen and oxygen atoms in total. The molecule has 0 saturated carbocycles. The van der Waals surface area contributed by atoms with Crippen molar-refractivity contribution >= 4 is 51.8 Å². The van der Waals surface area contributed by atoms with E-state index in [9.17, 15) is 19.2 Å². The summed E-state index contributed by atoms with van der Waals surface area (Å²) >= 11 is 1.60. The quantitative estimate of drug-likeness (QED) is 0.492. The normalized spacial score (nSPS) is 15.4.